The summed E-state index contributed by atoms with van der Waals surface area (Å²) in [6, 6.07) is 14.0. The molecular formula is C28H35N5O4. The normalized spacial score (nSPS) is 19.5. The number of hydrogen-bond donors (Lipinski definition) is 2. The number of amides is 4. The first-order chi connectivity index (χ1) is 17.7. The zero-order valence-electron chi connectivity index (χ0n) is 21.8. The first kappa shape index (κ1) is 26.2. The van der Waals surface area contributed by atoms with E-state index in [-0.39, 0.29) is 42.1 Å². The molecule has 2 aliphatic rings. The van der Waals surface area contributed by atoms with Gasteiger partial charge >= 0.3 is 6.03 Å². The molecule has 2 aromatic rings. The lowest BCUT2D eigenvalue weighted by atomic mass is 10.0. The molecule has 9 nitrogen and oxygen atoms in total. The Hall–Kier alpha value is -3.88. The number of urea groups is 1. The minimum Gasteiger partial charge on any atom is -0.378 e. The van der Waals surface area contributed by atoms with Crippen LogP contribution in [0, 0.1) is 5.92 Å². The van der Waals surface area contributed by atoms with Crippen molar-refractivity contribution in [3.63, 3.8) is 0 Å². The summed E-state index contributed by atoms with van der Waals surface area (Å²) in [5, 5.41) is 5.74. The van der Waals surface area contributed by atoms with E-state index in [1.807, 2.05) is 63.2 Å². The molecule has 3 atom stereocenters. The van der Waals surface area contributed by atoms with Crippen LogP contribution in [0.3, 0.4) is 0 Å². The summed E-state index contributed by atoms with van der Waals surface area (Å²) < 4.78 is 0. The zero-order chi connectivity index (χ0) is 26.7. The molecule has 37 heavy (non-hydrogen) atoms. The third-order valence-electron chi connectivity index (χ3n) is 6.95. The molecule has 2 aliphatic heterocycles. The van der Waals surface area contributed by atoms with Gasteiger partial charge in [-0.2, -0.15) is 0 Å². The first-order valence-electron chi connectivity index (χ1n) is 12.7. The SMILES string of the molecule is CC(C)C[C@H](NC(=O)c1ccc(N(C)C)cc1)C(=O)N1CC[C@@H]2C1C(=O)CN2C(=O)Nc1ccccc1. The van der Waals surface area contributed by atoms with Gasteiger partial charge < -0.3 is 25.3 Å². The first-order valence-corrected chi connectivity index (χ1v) is 12.7. The van der Waals surface area contributed by atoms with Gasteiger partial charge in [-0.15, -0.1) is 0 Å². The molecular weight excluding hydrogens is 470 g/mol. The highest BCUT2D eigenvalue weighted by Gasteiger charge is 2.52. The van der Waals surface area contributed by atoms with Crippen LogP contribution in [-0.2, 0) is 9.59 Å². The summed E-state index contributed by atoms with van der Waals surface area (Å²) in [6.07, 6.45) is 0.958. The molecule has 196 valence electrons. The molecule has 0 bridgehead atoms. The Kier molecular flexibility index (Phi) is 7.80. The van der Waals surface area contributed by atoms with Crippen molar-refractivity contribution in [3.8, 4) is 0 Å². The molecule has 1 unspecified atom stereocenters. The predicted molar refractivity (Wildman–Crippen MR) is 143 cm³/mol. The van der Waals surface area contributed by atoms with E-state index < -0.39 is 12.1 Å². The maximum absolute atomic E-state index is 13.7. The fourth-order valence-corrected chi connectivity index (χ4v) is 5.10. The summed E-state index contributed by atoms with van der Waals surface area (Å²) in [6.45, 7) is 4.29. The van der Waals surface area contributed by atoms with Crippen LogP contribution in [0.4, 0.5) is 16.2 Å². The topological polar surface area (TPSA) is 102 Å². The van der Waals surface area contributed by atoms with Crippen molar-refractivity contribution in [1.82, 2.24) is 15.1 Å². The highest BCUT2D eigenvalue weighted by Crippen LogP contribution is 2.31. The number of Topliss-reactive ketones (excluding diaryl/α,β-unsaturated/α-hetero) is 1. The van der Waals surface area contributed by atoms with E-state index in [9.17, 15) is 19.2 Å². The van der Waals surface area contributed by atoms with Crippen LogP contribution in [0.1, 0.15) is 37.0 Å². The van der Waals surface area contributed by atoms with Crippen LogP contribution in [0.15, 0.2) is 54.6 Å². The van der Waals surface area contributed by atoms with Crippen molar-refractivity contribution in [2.24, 2.45) is 5.92 Å². The second-order valence-corrected chi connectivity index (χ2v) is 10.3. The molecule has 2 N–H and O–H groups in total. The van der Waals surface area contributed by atoms with E-state index in [1.165, 1.54) is 4.90 Å². The smallest absolute Gasteiger partial charge is 0.322 e. The molecule has 0 spiro atoms. The van der Waals surface area contributed by atoms with E-state index in [0.29, 0.717) is 30.6 Å². The zero-order valence-corrected chi connectivity index (χ0v) is 21.8. The second-order valence-electron chi connectivity index (χ2n) is 10.3. The number of para-hydroxylation sites is 1. The van der Waals surface area contributed by atoms with Crippen molar-refractivity contribution in [1.29, 1.82) is 0 Å². The number of nitrogens with zero attached hydrogens (tertiary/aromatic N) is 3. The lowest BCUT2D eigenvalue weighted by Gasteiger charge is -2.29. The van der Waals surface area contributed by atoms with Crippen molar-refractivity contribution < 1.29 is 19.2 Å². The lowest BCUT2D eigenvalue weighted by Crippen LogP contribution is -2.53. The average Bonchev–Trinajstić information content (AvgIpc) is 3.45. The number of carbonyl (C=O) groups excluding carboxylic acids is 4. The Bertz CT molecular complexity index is 1150. The van der Waals surface area contributed by atoms with Gasteiger partial charge in [0.1, 0.15) is 12.1 Å². The largest absolute Gasteiger partial charge is 0.378 e. The van der Waals surface area contributed by atoms with Gasteiger partial charge in [0.15, 0.2) is 5.78 Å². The molecule has 9 heteroatoms. The van der Waals surface area contributed by atoms with Crippen LogP contribution in [0.2, 0.25) is 0 Å². The number of ketones is 1. The number of likely N-dealkylation sites (tertiary alicyclic amines) is 2. The van der Waals surface area contributed by atoms with Crippen molar-refractivity contribution in [2.75, 3.05) is 37.4 Å². The number of rotatable bonds is 7. The van der Waals surface area contributed by atoms with Crippen LogP contribution in [0.5, 0.6) is 0 Å². The number of hydrogen-bond acceptors (Lipinski definition) is 5. The molecule has 0 saturated carbocycles. The maximum atomic E-state index is 13.7. The fourth-order valence-electron chi connectivity index (χ4n) is 5.10. The van der Waals surface area contributed by atoms with Crippen molar-refractivity contribution in [2.45, 2.75) is 44.8 Å². The minimum absolute atomic E-state index is 0.0444. The molecule has 2 heterocycles. The minimum atomic E-state index is -0.764. The number of fused-ring (bicyclic) bond motifs is 1. The highest BCUT2D eigenvalue weighted by molar-refractivity contribution is 6.02. The van der Waals surface area contributed by atoms with Crippen molar-refractivity contribution in [3.05, 3.63) is 60.2 Å². The Morgan fingerprint density at radius 2 is 1.68 bits per heavy atom. The van der Waals surface area contributed by atoms with E-state index in [1.54, 1.807) is 29.2 Å². The van der Waals surface area contributed by atoms with Gasteiger partial charge in [-0.3, -0.25) is 14.4 Å². The van der Waals surface area contributed by atoms with Gasteiger partial charge in [0.05, 0.1) is 12.6 Å². The Labute approximate surface area is 217 Å². The van der Waals surface area contributed by atoms with Crippen LogP contribution < -0.4 is 15.5 Å². The fraction of sp³-hybridized carbons (Fsp3) is 0.429. The van der Waals surface area contributed by atoms with E-state index >= 15 is 0 Å². The van der Waals surface area contributed by atoms with Crippen LogP contribution >= 0.6 is 0 Å². The van der Waals surface area contributed by atoms with Gasteiger partial charge in [0, 0.05) is 37.6 Å². The highest BCUT2D eigenvalue weighted by atomic mass is 16.2. The molecule has 0 aromatic heterocycles. The molecule has 0 radical (unpaired) electrons. The van der Waals surface area contributed by atoms with E-state index in [2.05, 4.69) is 10.6 Å². The summed E-state index contributed by atoms with van der Waals surface area (Å²) in [4.78, 5) is 57.7. The Morgan fingerprint density at radius 1 is 1.00 bits per heavy atom. The molecule has 4 amide bonds. The predicted octanol–water partition coefficient (Wildman–Crippen LogP) is 2.98. The molecule has 2 aromatic carbocycles. The summed E-state index contributed by atoms with van der Waals surface area (Å²) >= 11 is 0. The molecule has 2 fully saturated rings. The second kappa shape index (κ2) is 11.0. The van der Waals surface area contributed by atoms with Crippen LogP contribution in [0.25, 0.3) is 0 Å². The monoisotopic (exact) mass is 505 g/mol. The summed E-state index contributed by atoms with van der Waals surface area (Å²) in [7, 11) is 3.85. The lowest BCUT2D eigenvalue weighted by molar-refractivity contribution is -0.138. The van der Waals surface area contributed by atoms with Gasteiger partial charge in [-0.05, 0) is 55.2 Å². The number of nitrogens with one attached hydrogen (secondary N) is 2. The maximum Gasteiger partial charge on any atom is 0.322 e. The standard InChI is InChI=1S/C28H35N5O4/c1-18(2)16-22(30-26(35)19-10-12-21(13-11-19)31(3)4)27(36)32-15-14-23-25(32)24(34)17-33(23)28(37)29-20-8-6-5-7-9-20/h5-13,18,22-23,25H,14-17H2,1-4H3,(H,29,37)(H,30,35)/t22-,23+,25?/m0/s1. The molecule has 2 saturated heterocycles. The van der Waals surface area contributed by atoms with Gasteiger partial charge in [-0.25, -0.2) is 4.79 Å². The Morgan fingerprint density at radius 3 is 2.30 bits per heavy atom. The van der Waals surface area contributed by atoms with Crippen LogP contribution in [-0.4, -0.2) is 78.7 Å². The van der Waals surface area contributed by atoms with Gasteiger partial charge in [0.25, 0.3) is 5.91 Å². The average molecular weight is 506 g/mol. The molecule has 0 aliphatic carbocycles. The van der Waals surface area contributed by atoms with E-state index in [4.69, 9.17) is 0 Å². The quantitative estimate of drug-likeness (QED) is 0.603. The number of benzene rings is 2. The third-order valence-corrected chi connectivity index (χ3v) is 6.95. The van der Waals surface area contributed by atoms with Crippen molar-refractivity contribution >= 4 is 35.0 Å². The summed E-state index contributed by atoms with van der Waals surface area (Å²) in [5.74, 6) is -0.621. The number of anilines is 2. The molecule has 4 rings (SSSR count). The van der Waals surface area contributed by atoms with E-state index in [0.717, 1.165) is 5.69 Å². The van der Waals surface area contributed by atoms with Gasteiger partial charge in [-0.1, -0.05) is 32.0 Å². The summed E-state index contributed by atoms with van der Waals surface area (Å²) in [5.41, 5.74) is 2.08. The number of carbonyl (C=O) groups is 4. The van der Waals surface area contributed by atoms with Gasteiger partial charge in [0.2, 0.25) is 5.91 Å². The Balaban J connectivity index is 1.46. The third kappa shape index (κ3) is 5.76.